The summed E-state index contributed by atoms with van der Waals surface area (Å²) in [6, 6.07) is -0.998. The second-order valence-corrected chi connectivity index (χ2v) is 8.52. The maximum absolute atomic E-state index is 12.7. The second kappa shape index (κ2) is 11.1. The molecule has 0 radical (unpaired) electrons. The maximum atomic E-state index is 12.7. The summed E-state index contributed by atoms with van der Waals surface area (Å²) in [7, 11) is 1.24. The Morgan fingerprint density at radius 1 is 1.50 bits per heavy atom. The van der Waals surface area contributed by atoms with Crippen molar-refractivity contribution in [1.29, 1.82) is 0 Å². The van der Waals surface area contributed by atoms with Gasteiger partial charge in [-0.2, -0.15) is 0 Å². The lowest BCUT2D eigenvalue weighted by atomic mass is 10.0. The highest BCUT2D eigenvalue weighted by Crippen LogP contribution is 2.40. The molecule has 3 rings (SSSR count). The molecule has 12 nitrogen and oxygen atoms in total. The third kappa shape index (κ3) is 5.51. The average Bonchev–Trinajstić information content (AvgIpc) is 3.22. The zero-order valence-electron chi connectivity index (χ0n) is 17.4. The van der Waals surface area contributed by atoms with Crippen LogP contribution >= 0.6 is 23.1 Å². The lowest BCUT2D eigenvalue weighted by molar-refractivity contribution is -0.150. The number of allylic oxidation sites excluding steroid dienone is 1. The number of alkyl halides is 2. The van der Waals surface area contributed by atoms with E-state index in [0.29, 0.717) is 11.8 Å². The molecule has 2 aliphatic rings. The van der Waals surface area contributed by atoms with Crippen LogP contribution in [-0.2, 0) is 24.1 Å². The summed E-state index contributed by atoms with van der Waals surface area (Å²) < 4.78 is 23.9. The van der Waals surface area contributed by atoms with Gasteiger partial charge in [-0.1, -0.05) is 16.4 Å². The van der Waals surface area contributed by atoms with Crippen molar-refractivity contribution in [1.82, 2.24) is 15.2 Å². The number of β-lactam (4-membered cyclic amide) rings is 1. The summed E-state index contributed by atoms with van der Waals surface area (Å²) in [5.41, 5.74) is 5.64. The molecule has 16 heteroatoms. The minimum absolute atomic E-state index is 0.167. The van der Waals surface area contributed by atoms with Gasteiger partial charge in [0.1, 0.15) is 42.7 Å². The van der Waals surface area contributed by atoms with Gasteiger partial charge in [0.2, 0.25) is 0 Å². The topological polar surface area (TPSA) is 169 Å². The lowest BCUT2D eigenvalue weighted by Gasteiger charge is -2.49. The highest BCUT2D eigenvalue weighted by molar-refractivity contribution is 8.00. The molecule has 0 spiro atoms. The Bertz CT molecular complexity index is 1090. The van der Waals surface area contributed by atoms with Gasteiger partial charge in [0.25, 0.3) is 18.2 Å². The van der Waals surface area contributed by atoms with Crippen LogP contribution in [0.15, 0.2) is 39.1 Å². The first-order valence-electron chi connectivity index (χ1n) is 9.39. The number of hydrogen-bond donors (Lipinski definition) is 3. The number of carbonyl (C=O) groups excluding carboxylic acids is 2. The molecule has 0 aromatic carbocycles. The fraction of sp³-hybridized carbons (Fsp3) is 0.333. The Labute approximate surface area is 199 Å². The van der Waals surface area contributed by atoms with Crippen molar-refractivity contribution in [2.75, 3.05) is 25.2 Å². The van der Waals surface area contributed by atoms with Crippen LogP contribution in [0.5, 0.6) is 0 Å². The molecular formula is C18H18F2N6O6S2. The monoisotopic (exact) mass is 516 g/mol. The molecule has 1 fully saturated rings. The predicted molar refractivity (Wildman–Crippen MR) is 119 cm³/mol. The number of nitrogens with zero attached hydrogens (tertiary/aromatic N) is 4. The van der Waals surface area contributed by atoms with Crippen molar-refractivity contribution < 1.29 is 37.9 Å². The Morgan fingerprint density at radius 2 is 2.26 bits per heavy atom. The number of nitrogens with one attached hydrogen (secondary N) is 1. The SMILES string of the molecule is CO/N=C(\C(=O)N[C@@H]1C(=O)N2C(C(=O)O)=C(/C=C/CON=CC(F)F)CS[C@H]12)c1csc(N)n1. The summed E-state index contributed by atoms with van der Waals surface area (Å²) in [4.78, 5) is 51.7. The third-order valence-electron chi connectivity index (χ3n) is 4.39. The fourth-order valence-electron chi connectivity index (χ4n) is 3.04. The molecule has 3 heterocycles. The molecule has 34 heavy (non-hydrogen) atoms. The van der Waals surface area contributed by atoms with Gasteiger partial charge >= 0.3 is 5.97 Å². The first-order chi connectivity index (χ1) is 16.2. The summed E-state index contributed by atoms with van der Waals surface area (Å²) >= 11 is 2.33. The summed E-state index contributed by atoms with van der Waals surface area (Å²) in [6.45, 7) is -0.177. The van der Waals surface area contributed by atoms with E-state index in [4.69, 9.17) is 10.6 Å². The van der Waals surface area contributed by atoms with Crippen LogP contribution in [0.3, 0.4) is 0 Å². The van der Waals surface area contributed by atoms with Gasteiger partial charge in [-0.05, 0) is 11.6 Å². The molecule has 0 aliphatic carbocycles. The molecule has 4 N–H and O–H groups in total. The number of nitrogens with two attached hydrogens (primary N) is 1. The van der Waals surface area contributed by atoms with Gasteiger partial charge in [-0.25, -0.2) is 18.6 Å². The molecule has 2 aliphatic heterocycles. The van der Waals surface area contributed by atoms with Gasteiger partial charge in [-0.15, -0.1) is 23.1 Å². The molecule has 2 amide bonds. The number of oxime groups is 2. The zero-order chi connectivity index (χ0) is 24.8. The van der Waals surface area contributed by atoms with E-state index in [0.717, 1.165) is 16.2 Å². The lowest BCUT2D eigenvalue weighted by Crippen LogP contribution is -2.71. The van der Waals surface area contributed by atoms with Crippen molar-refractivity contribution in [2.45, 2.75) is 17.8 Å². The van der Waals surface area contributed by atoms with Crippen molar-refractivity contribution >= 4 is 57.9 Å². The van der Waals surface area contributed by atoms with Crippen molar-refractivity contribution in [3.05, 3.63) is 34.5 Å². The van der Waals surface area contributed by atoms with E-state index < -0.39 is 35.6 Å². The minimum atomic E-state index is -2.75. The van der Waals surface area contributed by atoms with Crippen LogP contribution in [0.25, 0.3) is 0 Å². The standard InChI is InChI=1S/C18H18F2N6O6S2/c1-31-25-11(9-7-34-18(21)23-9)14(27)24-12-15(28)26-13(17(29)30)8(6-33-16(12)26)3-2-4-32-22-5-10(19)20/h2-3,5,7,10,12,16H,4,6H2,1H3,(H2,21,23)(H,24,27)(H,29,30)/b3-2+,22-5?,25-11-/t12-,16-/m1/s1. The first kappa shape index (κ1) is 25.1. The number of carboxylic acids is 1. The van der Waals surface area contributed by atoms with Crippen molar-refractivity contribution in [3.63, 3.8) is 0 Å². The van der Waals surface area contributed by atoms with Crippen LogP contribution in [0, 0.1) is 0 Å². The Morgan fingerprint density at radius 3 is 2.88 bits per heavy atom. The largest absolute Gasteiger partial charge is 0.477 e. The van der Waals surface area contributed by atoms with E-state index in [1.54, 1.807) is 0 Å². The van der Waals surface area contributed by atoms with E-state index in [1.165, 1.54) is 36.4 Å². The number of amides is 2. The van der Waals surface area contributed by atoms with Gasteiger partial charge < -0.3 is 25.8 Å². The molecule has 0 unspecified atom stereocenters. The quantitative estimate of drug-likeness (QED) is 0.175. The Balaban J connectivity index is 1.70. The minimum Gasteiger partial charge on any atom is -0.477 e. The number of nitrogen functional groups attached to an aromatic ring is 1. The first-order valence-corrected chi connectivity index (χ1v) is 11.3. The molecule has 2 atom stereocenters. The van der Waals surface area contributed by atoms with Crippen LogP contribution < -0.4 is 11.1 Å². The van der Waals surface area contributed by atoms with Gasteiger partial charge in [0, 0.05) is 11.1 Å². The smallest absolute Gasteiger partial charge is 0.352 e. The average molecular weight is 517 g/mol. The Kier molecular flexibility index (Phi) is 8.17. The fourth-order valence-corrected chi connectivity index (χ4v) is 4.90. The molecule has 1 saturated heterocycles. The summed E-state index contributed by atoms with van der Waals surface area (Å²) in [5.74, 6) is -2.49. The van der Waals surface area contributed by atoms with Crippen molar-refractivity contribution in [3.8, 4) is 0 Å². The normalized spacial score (nSPS) is 20.6. The van der Waals surface area contributed by atoms with Gasteiger partial charge in [0.15, 0.2) is 10.8 Å². The molecule has 1 aromatic rings. The number of carboxylic acid groups (broad SMARTS) is 1. The van der Waals surface area contributed by atoms with E-state index >= 15 is 0 Å². The van der Waals surface area contributed by atoms with Crippen LogP contribution in [0.4, 0.5) is 13.9 Å². The van der Waals surface area contributed by atoms with Crippen LogP contribution in [0.2, 0.25) is 0 Å². The molecule has 0 saturated carbocycles. The number of halogens is 2. The van der Waals surface area contributed by atoms with E-state index in [2.05, 4.69) is 25.4 Å². The zero-order valence-corrected chi connectivity index (χ0v) is 19.0. The Hall–Kier alpha value is -3.53. The van der Waals surface area contributed by atoms with E-state index in [1.807, 2.05) is 0 Å². The van der Waals surface area contributed by atoms with E-state index in [-0.39, 0.29) is 34.6 Å². The van der Waals surface area contributed by atoms with E-state index in [9.17, 15) is 28.3 Å². The van der Waals surface area contributed by atoms with Crippen LogP contribution in [0.1, 0.15) is 5.69 Å². The number of aliphatic carboxylic acids is 1. The highest BCUT2D eigenvalue weighted by atomic mass is 32.2. The molecular weight excluding hydrogens is 498 g/mol. The summed E-state index contributed by atoms with van der Waals surface area (Å²) in [5, 5.41) is 20.0. The van der Waals surface area contributed by atoms with Crippen LogP contribution in [-0.4, -0.2) is 82.0 Å². The van der Waals surface area contributed by atoms with Gasteiger partial charge in [0.05, 0.1) is 0 Å². The van der Waals surface area contributed by atoms with Crippen molar-refractivity contribution in [2.24, 2.45) is 10.3 Å². The molecule has 0 bridgehead atoms. The second-order valence-electron chi connectivity index (χ2n) is 6.52. The highest BCUT2D eigenvalue weighted by Gasteiger charge is 2.54. The third-order valence-corrected chi connectivity index (χ3v) is 6.36. The number of aromatic nitrogens is 1. The predicted octanol–water partition coefficient (Wildman–Crippen LogP) is 0.638. The number of carbonyl (C=O) groups is 3. The number of hydrogen-bond acceptors (Lipinski definition) is 11. The number of thioether (sulfide) groups is 1. The molecule has 182 valence electrons. The summed E-state index contributed by atoms with van der Waals surface area (Å²) in [6.07, 6.45) is 0.369. The maximum Gasteiger partial charge on any atom is 0.352 e. The van der Waals surface area contributed by atoms with Gasteiger partial charge in [-0.3, -0.25) is 14.5 Å². The molecule has 1 aromatic heterocycles. The number of fused-ring (bicyclic) bond motifs is 1. The number of rotatable bonds is 10. The number of anilines is 1. The number of thiazole rings is 1.